The molecule has 0 atom stereocenters. The third-order valence-electron chi connectivity index (χ3n) is 6.48. The van der Waals surface area contributed by atoms with Crippen LogP contribution in [0.15, 0.2) is 59.5 Å². The van der Waals surface area contributed by atoms with Gasteiger partial charge in [-0.2, -0.15) is 0 Å². The Labute approximate surface area is 188 Å². The zero-order valence-corrected chi connectivity index (χ0v) is 17.8. The number of anilines is 1. The number of ketones is 1. The predicted octanol–water partition coefficient (Wildman–Crippen LogP) is 4.50. The van der Waals surface area contributed by atoms with E-state index in [4.69, 9.17) is 4.42 Å². The van der Waals surface area contributed by atoms with Gasteiger partial charge in [0.1, 0.15) is 5.82 Å². The number of para-hydroxylation sites is 1. The molecule has 7 nitrogen and oxygen atoms in total. The summed E-state index contributed by atoms with van der Waals surface area (Å²) in [7, 11) is 0. The molecular formula is C24H22F2N4O3. The van der Waals surface area contributed by atoms with Gasteiger partial charge in [0.2, 0.25) is 0 Å². The first-order chi connectivity index (χ1) is 16.0. The number of nitrogens with zero attached hydrogens (tertiary/aromatic N) is 3. The molecule has 1 aromatic heterocycles. The third-order valence-corrected chi connectivity index (χ3v) is 6.48. The number of likely N-dealkylation sites (tertiary alicyclic amines) is 1. The molecular weight excluding hydrogens is 430 g/mol. The number of hydrogen-bond acceptors (Lipinski definition) is 5. The van der Waals surface area contributed by atoms with Gasteiger partial charge in [-0.1, -0.05) is 22.7 Å². The van der Waals surface area contributed by atoms with Gasteiger partial charge in [-0.25, -0.2) is 19.3 Å². The molecule has 1 N–H and O–H groups in total. The van der Waals surface area contributed by atoms with Crippen molar-refractivity contribution >= 4 is 17.5 Å². The highest BCUT2D eigenvalue weighted by atomic mass is 19.2. The minimum atomic E-state index is -0.925. The van der Waals surface area contributed by atoms with Crippen LogP contribution in [0.5, 0.6) is 0 Å². The molecule has 0 unspecified atom stereocenters. The van der Waals surface area contributed by atoms with E-state index in [1.807, 2.05) is 0 Å². The molecule has 2 aliphatic rings. The number of piperidine rings is 1. The number of urea groups is 1. The molecule has 0 aliphatic carbocycles. The molecule has 0 radical (unpaired) electrons. The quantitative estimate of drug-likeness (QED) is 0.592. The molecule has 170 valence electrons. The smallest absolute Gasteiger partial charge is 0.317 e. The average molecular weight is 452 g/mol. The molecule has 0 bridgehead atoms. The third kappa shape index (κ3) is 3.83. The lowest BCUT2D eigenvalue weighted by Crippen LogP contribution is -2.57. The van der Waals surface area contributed by atoms with Gasteiger partial charge in [0.25, 0.3) is 0 Å². The van der Waals surface area contributed by atoms with E-state index in [0.29, 0.717) is 48.5 Å². The lowest BCUT2D eigenvalue weighted by Gasteiger charge is -2.47. The summed E-state index contributed by atoms with van der Waals surface area (Å²) in [5, 5.41) is 3.56. The molecule has 2 aliphatic heterocycles. The van der Waals surface area contributed by atoms with Crippen molar-refractivity contribution in [1.82, 2.24) is 15.2 Å². The summed E-state index contributed by atoms with van der Waals surface area (Å²) in [6.07, 6.45) is 3.44. The number of carbonyl (C=O) groups is 2. The van der Waals surface area contributed by atoms with E-state index in [0.717, 1.165) is 5.12 Å². The number of carbonyl (C=O) groups excluding carboxylic acids is 2. The molecule has 9 heteroatoms. The number of benzene rings is 2. The molecule has 1 spiro atoms. The molecule has 2 aromatic carbocycles. The highest BCUT2D eigenvalue weighted by Gasteiger charge is 2.47. The molecule has 1 fully saturated rings. The van der Waals surface area contributed by atoms with Crippen molar-refractivity contribution < 1.29 is 22.9 Å². The van der Waals surface area contributed by atoms with E-state index in [1.165, 1.54) is 18.7 Å². The highest BCUT2D eigenvalue weighted by Crippen LogP contribution is 2.43. The number of amides is 2. The average Bonchev–Trinajstić information content (AvgIpc) is 3.37. The number of rotatable bonds is 3. The minimum Gasteiger partial charge on any atom is -0.443 e. The second kappa shape index (κ2) is 8.31. The van der Waals surface area contributed by atoms with Crippen molar-refractivity contribution in [3.05, 3.63) is 72.0 Å². The lowest BCUT2D eigenvalue weighted by atomic mass is 9.78. The number of nitrogens with one attached hydrogen (secondary N) is 1. The summed E-state index contributed by atoms with van der Waals surface area (Å²) in [5.74, 6) is -0.208. The van der Waals surface area contributed by atoms with Crippen molar-refractivity contribution in [1.29, 1.82) is 0 Å². The van der Waals surface area contributed by atoms with Gasteiger partial charge in [0.05, 0.1) is 23.0 Å². The van der Waals surface area contributed by atoms with Crippen LogP contribution in [0.25, 0.3) is 11.3 Å². The Bertz CT molecular complexity index is 1190. The monoisotopic (exact) mass is 452 g/mol. The van der Waals surface area contributed by atoms with E-state index >= 15 is 4.48 Å². The molecule has 33 heavy (non-hydrogen) atoms. The maximum Gasteiger partial charge on any atom is 0.317 e. The largest absolute Gasteiger partial charge is 0.443 e. The van der Waals surface area contributed by atoms with Crippen LogP contribution in [0, 0.1) is 5.82 Å². The lowest BCUT2D eigenvalue weighted by molar-refractivity contribution is 0.0805. The van der Waals surface area contributed by atoms with Gasteiger partial charge >= 0.3 is 6.03 Å². The first kappa shape index (κ1) is 21.1. The van der Waals surface area contributed by atoms with Gasteiger partial charge in [0.15, 0.2) is 17.9 Å². The van der Waals surface area contributed by atoms with Crippen LogP contribution < -0.4 is 10.4 Å². The molecule has 5 rings (SSSR count). The first-order valence-electron chi connectivity index (χ1n) is 10.8. The van der Waals surface area contributed by atoms with E-state index in [1.54, 1.807) is 41.3 Å². The van der Waals surface area contributed by atoms with Gasteiger partial charge in [-0.15, -0.1) is 0 Å². The van der Waals surface area contributed by atoms with Crippen LogP contribution >= 0.6 is 0 Å². The van der Waals surface area contributed by atoms with Gasteiger partial charge in [-0.05, 0) is 42.7 Å². The molecule has 0 saturated carbocycles. The normalized spacial score (nSPS) is 17.2. The van der Waals surface area contributed by atoms with Crippen LogP contribution in [0.4, 0.5) is 19.4 Å². The second-order valence-corrected chi connectivity index (χ2v) is 8.45. The van der Waals surface area contributed by atoms with Crippen LogP contribution in [0.1, 0.15) is 35.2 Å². The Hall–Kier alpha value is -3.75. The molecule has 3 heterocycles. The topological polar surface area (TPSA) is 78.7 Å². The van der Waals surface area contributed by atoms with Crippen molar-refractivity contribution in [2.45, 2.75) is 31.3 Å². The summed E-state index contributed by atoms with van der Waals surface area (Å²) in [6.45, 7) is 0.853. The Balaban J connectivity index is 1.22. The number of hydrogen-bond donors (Lipinski definition) is 1. The van der Waals surface area contributed by atoms with Gasteiger partial charge < -0.3 is 14.6 Å². The summed E-state index contributed by atoms with van der Waals surface area (Å²) >= 11 is 0. The zero-order valence-electron chi connectivity index (χ0n) is 17.8. The Morgan fingerprint density at radius 1 is 1.15 bits per heavy atom. The Kier molecular flexibility index (Phi) is 5.32. The zero-order chi connectivity index (χ0) is 23.0. The van der Waals surface area contributed by atoms with Crippen molar-refractivity contribution in [2.24, 2.45) is 0 Å². The maximum absolute atomic E-state index is 15.3. The fourth-order valence-corrected chi connectivity index (χ4v) is 4.61. The van der Waals surface area contributed by atoms with Crippen molar-refractivity contribution in [2.75, 3.05) is 18.2 Å². The fourth-order valence-electron chi connectivity index (χ4n) is 4.61. The number of Topliss-reactive ketones (excluding diaryl/α,β-unsaturated/α-hetero) is 1. The summed E-state index contributed by atoms with van der Waals surface area (Å²) < 4.78 is 34.6. The van der Waals surface area contributed by atoms with Crippen LogP contribution in [0.3, 0.4) is 0 Å². The van der Waals surface area contributed by atoms with Gasteiger partial charge in [-0.3, -0.25) is 4.79 Å². The standard InChI is InChI=1S/C24H22F2N4O3/c25-19-6-5-16(11-18(19)22-14-27-15-33-22)13-28-23(32)29-9-7-24(8-10-29)12-21(31)17-3-1-2-4-20(17)30(24)26/h1-6,11,14-15H,7-10,12-13H2,(H,28,32). The molecule has 1 saturated heterocycles. The highest BCUT2D eigenvalue weighted by molar-refractivity contribution is 6.04. The predicted molar refractivity (Wildman–Crippen MR) is 117 cm³/mol. The first-order valence-corrected chi connectivity index (χ1v) is 10.8. The number of aromatic nitrogens is 1. The van der Waals surface area contributed by atoms with Crippen molar-refractivity contribution in [3.8, 4) is 11.3 Å². The fraction of sp³-hybridized carbons (Fsp3) is 0.292. The van der Waals surface area contributed by atoms with E-state index in [-0.39, 0.29) is 30.3 Å². The minimum absolute atomic E-state index is 0.0729. The summed E-state index contributed by atoms with van der Waals surface area (Å²) in [5.41, 5.74) is 0.740. The summed E-state index contributed by atoms with van der Waals surface area (Å²) in [6, 6.07) is 10.9. The van der Waals surface area contributed by atoms with E-state index in [9.17, 15) is 14.0 Å². The Morgan fingerprint density at radius 3 is 2.70 bits per heavy atom. The molecule has 2 amide bonds. The molecule has 3 aromatic rings. The van der Waals surface area contributed by atoms with Gasteiger partial charge in [0, 0.05) is 31.6 Å². The van der Waals surface area contributed by atoms with E-state index < -0.39 is 11.4 Å². The maximum atomic E-state index is 15.3. The Morgan fingerprint density at radius 2 is 1.94 bits per heavy atom. The van der Waals surface area contributed by atoms with Crippen molar-refractivity contribution in [3.63, 3.8) is 0 Å². The number of oxazole rings is 1. The van der Waals surface area contributed by atoms with Crippen LogP contribution in [-0.4, -0.2) is 40.3 Å². The van der Waals surface area contributed by atoms with Crippen LogP contribution in [-0.2, 0) is 6.54 Å². The van der Waals surface area contributed by atoms with Crippen LogP contribution in [0.2, 0.25) is 0 Å². The number of halogens is 2. The second-order valence-electron chi connectivity index (χ2n) is 8.45. The number of fused-ring (bicyclic) bond motifs is 1. The SMILES string of the molecule is O=C1CC2(CCN(C(=O)NCc3ccc(F)c(-c4cnco4)c3)CC2)N(F)c2ccccc21. The van der Waals surface area contributed by atoms with E-state index in [2.05, 4.69) is 10.3 Å². The summed E-state index contributed by atoms with van der Waals surface area (Å²) in [4.78, 5) is 30.7.